The van der Waals surface area contributed by atoms with Crippen molar-refractivity contribution in [1.29, 1.82) is 0 Å². The van der Waals surface area contributed by atoms with Crippen LogP contribution in [0.15, 0.2) is 48.7 Å². The number of halogens is 1. The van der Waals surface area contributed by atoms with Gasteiger partial charge in [-0.3, -0.25) is 4.79 Å². The van der Waals surface area contributed by atoms with E-state index >= 15 is 0 Å². The third kappa shape index (κ3) is 4.10. The fourth-order valence-corrected chi connectivity index (χ4v) is 1.54. The van der Waals surface area contributed by atoms with Crippen LogP contribution in [0.5, 0.6) is 0 Å². The molecule has 1 atom stereocenters. The molecule has 2 rings (SSSR count). The molecule has 0 spiro atoms. The van der Waals surface area contributed by atoms with E-state index in [4.69, 9.17) is 4.74 Å². The number of benzene rings is 1. The Kier molecular flexibility index (Phi) is 4.61. The van der Waals surface area contributed by atoms with E-state index in [0.717, 1.165) is 0 Å². The summed E-state index contributed by atoms with van der Waals surface area (Å²) in [4.78, 5) is 27.4. The van der Waals surface area contributed by atoms with Crippen molar-refractivity contribution < 1.29 is 18.7 Å². The van der Waals surface area contributed by atoms with Crippen molar-refractivity contribution in [2.45, 2.75) is 13.0 Å². The molecule has 5 nitrogen and oxygen atoms in total. The Labute approximate surface area is 120 Å². The molecule has 0 unspecified atom stereocenters. The molecule has 0 saturated heterocycles. The van der Waals surface area contributed by atoms with Gasteiger partial charge < -0.3 is 10.1 Å². The standard InChI is InChI=1S/C15H13FN2O3/c1-10(21-15(20)13-4-2-3-9-17-13)14(19)18-12-7-5-11(16)6-8-12/h2-10H,1H3,(H,18,19)/t10-/m0/s1. The molecule has 0 aliphatic rings. The lowest BCUT2D eigenvalue weighted by Crippen LogP contribution is -2.30. The van der Waals surface area contributed by atoms with Crippen molar-refractivity contribution in [2.24, 2.45) is 0 Å². The van der Waals surface area contributed by atoms with Gasteiger partial charge in [0.25, 0.3) is 5.91 Å². The minimum Gasteiger partial charge on any atom is -0.448 e. The summed E-state index contributed by atoms with van der Waals surface area (Å²) in [5, 5.41) is 2.52. The summed E-state index contributed by atoms with van der Waals surface area (Å²) < 4.78 is 17.8. The number of carbonyl (C=O) groups is 2. The summed E-state index contributed by atoms with van der Waals surface area (Å²) in [6.07, 6.45) is 0.462. The Morgan fingerprint density at radius 2 is 1.90 bits per heavy atom. The molecular weight excluding hydrogens is 275 g/mol. The minimum absolute atomic E-state index is 0.124. The zero-order valence-corrected chi connectivity index (χ0v) is 11.2. The number of rotatable bonds is 4. The molecule has 108 valence electrons. The molecule has 0 bridgehead atoms. The van der Waals surface area contributed by atoms with Gasteiger partial charge in [-0.1, -0.05) is 6.07 Å². The molecule has 0 radical (unpaired) electrons. The summed E-state index contributed by atoms with van der Waals surface area (Å²) in [5.41, 5.74) is 0.543. The summed E-state index contributed by atoms with van der Waals surface area (Å²) in [5.74, 6) is -1.59. The molecular formula is C15H13FN2O3. The highest BCUT2D eigenvalue weighted by Gasteiger charge is 2.19. The largest absolute Gasteiger partial charge is 0.448 e. The smallest absolute Gasteiger partial charge is 0.357 e. The van der Waals surface area contributed by atoms with Crippen LogP contribution in [0.3, 0.4) is 0 Å². The van der Waals surface area contributed by atoms with E-state index in [1.165, 1.54) is 43.5 Å². The minimum atomic E-state index is -0.996. The predicted octanol–water partition coefficient (Wildman–Crippen LogP) is 2.40. The fraction of sp³-hybridized carbons (Fsp3) is 0.133. The highest BCUT2D eigenvalue weighted by atomic mass is 19.1. The Balaban J connectivity index is 1.93. The van der Waals surface area contributed by atoms with Gasteiger partial charge in [0.2, 0.25) is 0 Å². The average Bonchev–Trinajstić information content (AvgIpc) is 2.50. The Bertz CT molecular complexity index is 629. The van der Waals surface area contributed by atoms with E-state index < -0.39 is 23.8 Å². The predicted molar refractivity (Wildman–Crippen MR) is 74.1 cm³/mol. The van der Waals surface area contributed by atoms with Crippen LogP contribution in [-0.4, -0.2) is 23.0 Å². The topological polar surface area (TPSA) is 68.3 Å². The summed E-state index contributed by atoms with van der Waals surface area (Å²) in [7, 11) is 0. The third-order valence-corrected chi connectivity index (χ3v) is 2.64. The van der Waals surface area contributed by atoms with Gasteiger partial charge >= 0.3 is 5.97 Å². The molecule has 1 heterocycles. The van der Waals surface area contributed by atoms with Crippen LogP contribution in [0.1, 0.15) is 17.4 Å². The van der Waals surface area contributed by atoms with Crippen LogP contribution in [-0.2, 0) is 9.53 Å². The molecule has 1 aromatic heterocycles. The molecule has 0 aliphatic carbocycles. The number of hydrogen-bond donors (Lipinski definition) is 1. The zero-order chi connectivity index (χ0) is 15.2. The van der Waals surface area contributed by atoms with Crippen molar-refractivity contribution in [3.63, 3.8) is 0 Å². The van der Waals surface area contributed by atoms with Gasteiger partial charge in [0.05, 0.1) is 0 Å². The maximum absolute atomic E-state index is 12.8. The first-order chi connectivity index (χ1) is 10.1. The molecule has 0 aliphatic heterocycles. The number of aromatic nitrogens is 1. The molecule has 21 heavy (non-hydrogen) atoms. The van der Waals surface area contributed by atoms with Gasteiger partial charge in [-0.25, -0.2) is 14.2 Å². The first-order valence-corrected chi connectivity index (χ1v) is 6.24. The second kappa shape index (κ2) is 6.60. The van der Waals surface area contributed by atoms with E-state index in [9.17, 15) is 14.0 Å². The number of carbonyl (C=O) groups excluding carboxylic acids is 2. The number of nitrogens with zero attached hydrogens (tertiary/aromatic N) is 1. The Hall–Kier alpha value is -2.76. The van der Waals surface area contributed by atoms with E-state index in [0.29, 0.717) is 5.69 Å². The van der Waals surface area contributed by atoms with Crippen molar-refractivity contribution in [2.75, 3.05) is 5.32 Å². The van der Waals surface area contributed by atoms with Gasteiger partial charge in [0.1, 0.15) is 11.5 Å². The first kappa shape index (κ1) is 14.6. The maximum atomic E-state index is 12.8. The monoisotopic (exact) mass is 288 g/mol. The maximum Gasteiger partial charge on any atom is 0.357 e. The van der Waals surface area contributed by atoms with Crippen molar-refractivity contribution in [1.82, 2.24) is 4.98 Å². The van der Waals surface area contributed by atoms with Gasteiger partial charge in [-0.2, -0.15) is 0 Å². The van der Waals surface area contributed by atoms with E-state index in [2.05, 4.69) is 10.3 Å². The van der Waals surface area contributed by atoms with Crippen LogP contribution >= 0.6 is 0 Å². The number of hydrogen-bond acceptors (Lipinski definition) is 4. The number of ether oxygens (including phenoxy) is 1. The number of amides is 1. The summed E-state index contributed by atoms with van der Waals surface area (Å²) in [6.45, 7) is 1.44. The molecule has 6 heteroatoms. The molecule has 1 aromatic carbocycles. The lowest BCUT2D eigenvalue weighted by molar-refractivity contribution is -0.123. The first-order valence-electron chi connectivity index (χ1n) is 6.24. The second-order valence-electron chi connectivity index (χ2n) is 4.26. The second-order valence-corrected chi connectivity index (χ2v) is 4.26. The van der Waals surface area contributed by atoms with E-state index in [1.807, 2.05) is 0 Å². The van der Waals surface area contributed by atoms with Crippen LogP contribution < -0.4 is 5.32 Å². The third-order valence-electron chi connectivity index (χ3n) is 2.64. The fourth-order valence-electron chi connectivity index (χ4n) is 1.54. The van der Waals surface area contributed by atoms with E-state index in [1.54, 1.807) is 12.1 Å². The van der Waals surface area contributed by atoms with Crippen LogP contribution in [0, 0.1) is 5.82 Å². The van der Waals surface area contributed by atoms with Gasteiger partial charge in [-0.15, -0.1) is 0 Å². The molecule has 2 aromatic rings. The zero-order valence-electron chi connectivity index (χ0n) is 11.2. The Morgan fingerprint density at radius 3 is 2.52 bits per heavy atom. The van der Waals surface area contributed by atoms with Gasteiger partial charge in [-0.05, 0) is 43.3 Å². The average molecular weight is 288 g/mol. The number of esters is 1. The van der Waals surface area contributed by atoms with Gasteiger partial charge in [0.15, 0.2) is 6.10 Å². The SMILES string of the molecule is C[C@H](OC(=O)c1ccccn1)C(=O)Nc1ccc(F)cc1. The highest BCUT2D eigenvalue weighted by molar-refractivity contribution is 5.96. The van der Waals surface area contributed by atoms with Crippen LogP contribution in [0.4, 0.5) is 10.1 Å². The highest BCUT2D eigenvalue weighted by Crippen LogP contribution is 2.10. The quantitative estimate of drug-likeness (QED) is 0.877. The molecule has 1 amide bonds. The van der Waals surface area contributed by atoms with Crippen LogP contribution in [0.25, 0.3) is 0 Å². The molecule has 1 N–H and O–H groups in total. The van der Waals surface area contributed by atoms with Crippen molar-refractivity contribution >= 4 is 17.6 Å². The van der Waals surface area contributed by atoms with Gasteiger partial charge in [0, 0.05) is 11.9 Å². The normalized spacial score (nSPS) is 11.5. The Morgan fingerprint density at radius 1 is 1.19 bits per heavy atom. The lowest BCUT2D eigenvalue weighted by atomic mass is 10.3. The number of nitrogens with one attached hydrogen (secondary N) is 1. The van der Waals surface area contributed by atoms with E-state index in [-0.39, 0.29) is 5.69 Å². The van der Waals surface area contributed by atoms with Crippen molar-refractivity contribution in [3.8, 4) is 0 Å². The summed E-state index contributed by atoms with van der Waals surface area (Å²) >= 11 is 0. The molecule has 0 fully saturated rings. The number of anilines is 1. The number of pyridine rings is 1. The van der Waals surface area contributed by atoms with Crippen molar-refractivity contribution in [3.05, 3.63) is 60.2 Å². The summed E-state index contributed by atoms with van der Waals surface area (Å²) in [6, 6.07) is 10.1. The lowest BCUT2D eigenvalue weighted by Gasteiger charge is -2.13. The molecule has 0 saturated carbocycles. The van der Waals surface area contributed by atoms with Crippen LogP contribution in [0.2, 0.25) is 0 Å².